The van der Waals surface area contributed by atoms with Gasteiger partial charge in [-0.2, -0.15) is 0 Å². The molecule has 1 fully saturated rings. The monoisotopic (exact) mass is 207 g/mol. The second-order valence-corrected chi connectivity index (χ2v) is 3.22. The van der Waals surface area contributed by atoms with Crippen molar-refractivity contribution in [3.63, 3.8) is 0 Å². The van der Waals surface area contributed by atoms with Crippen molar-refractivity contribution in [3.05, 3.63) is 23.7 Å². The summed E-state index contributed by atoms with van der Waals surface area (Å²) in [5.74, 6) is 5.77. The van der Waals surface area contributed by atoms with Crippen molar-refractivity contribution in [2.24, 2.45) is 5.16 Å². The van der Waals surface area contributed by atoms with Gasteiger partial charge in [0.25, 0.3) is 0 Å². The lowest BCUT2D eigenvalue weighted by Gasteiger charge is -2.30. The van der Waals surface area contributed by atoms with E-state index in [9.17, 15) is 5.11 Å². The zero-order chi connectivity index (χ0) is 10.7. The van der Waals surface area contributed by atoms with Crippen molar-refractivity contribution in [1.29, 1.82) is 0 Å². The van der Waals surface area contributed by atoms with E-state index in [0.29, 0.717) is 11.3 Å². The molecule has 0 saturated carbocycles. The van der Waals surface area contributed by atoms with E-state index in [1.807, 2.05) is 0 Å². The molecule has 1 aromatic rings. The Kier molecular flexibility index (Phi) is 2.46. The van der Waals surface area contributed by atoms with Crippen LogP contribution in [0.1, 0.15) is 11.3 Å². The highest BCUT2D eigenvalue weighted by Crippen LogP contribution is 2.15. The molecule has 0 radical (unpaired) electrons. The molecule has 0 bridgehead atoms. The molecular weight excluding hydrogens is 198 g/mol. The molecule has 1 aromatic heterocycles. The molecule has 2 rings (SSSR count). The number of hydrogen-bond acceptors (Lipinski definition) is 5. The molecule has 1 aliphatic rings. The van der Waals surface area contributed by atoms with Gasteiger partial charge in [-0.05, 0) is 6.07 Å². The van der Waals surface area contributed by atoms with Crippen LogP contribution in [-0.4, -0.2) is 35.3 Å². The standard InChI is InChI=1S/C10H9NO4/c12-10(6-14-7-10)3-1-8-2-4-15-9(8)5-11-13/h2,4-5,12-13H,6-7H2/b11-5+. The van der Waals surface area contributed by atoms with E-state index in [1.165, 1.54) is 6.26 Å². The maximum atomic E-state index is 9.62. The van der Waals surface area contributed by atoms with Gasteiger partial charge in [0, 0.05) is 0 Å². The summed E-state index contributed by atoms with van der Waals surface area (Å²) in [6.07, 6.45) is 2.58. The van der Waals surface area contributed by atoms with E-state index in [0.717, 1.165) is 6.21 Å². The number of oxime groups is 1. The van der Waals surface area contributed by atoms with Crippen LogP contribution in [0.5, 0.6) is 0 Å². The number of nitrogens with zero attached hydrogens (tertiary/aromatic N) is 1. The molecular formula is C10H9NO4. The molecule has 5 nitrogen and oxygen atoms in total. The SMILES string of the molecule is O/N=C/c1occc1C#CC1(O)COC1. The summed E-state index contributed by atoms with van der Waals surface area (Å²) in [6.45, 7) is 0.447. The van der Waals surface area contributed by atoms with Gasteiger partial charge in [-0.1, -0.05) is 17.0 Å². The van der Waals surface area contributed by atoms with E-state index < -0.39 is 5.60 Å². The zero-order valence-electron chi connectivity index (χ0n) is 7.80. The molecule has 15 heavy (non-hydrogen) atoms. The number of furan rings is 1. The number of rotatable bonds is 1. The molecule has 0 atom stereocenters. The van der Waals surface area contributed by atoms with Crippen molar-refractivity contribution < 1.29 is 19.5 Å². The average Bonchev–Trinajstić information content (AvgIpc) is 2.60. The van der Waals surface area contributed by atoms with Crippen molar-refractivity contribution in [3.8, 4) is 11.8 Å². The third-order valence-corrected chi connectivity index (χ3v) is 1.98. The average molecular weight is 207 g/mol. The summed E-state index contributed by atoms with van der Waals surface area (Å²) in [4.78, 5) is 0. The van der Waals surface area contributed by atoms with E-state index in [2.05, 4.69) is 17.0 Å². The highest BCUT2D eigenvalue weighted by Gasteiger charge is 2.33. The fraction of sp³-hybridized carbons (Fsp3) is 0.300. The first-order valence-electron chi connectivity index (χ1n) is 4.32. The van der Waals surface area contributed by atoms with Crippen LogP contribution in [0, 0.1) is 11.8 Å². The van der Waals surface area contributed by atoms with Gasteiger partial charge in [0.15, 0.2) is 11.4 Å². The van der Waals surface area contributed by atoms with Crippen molar-refractivity contribution >= 4 is 6.21 Å². The molecule has 0 unspecified atom stereocenters. The lowest BCUT2D eigenvalue weighted by Crippen LogP contribution is -2.48. The normalized spacial score (nSPS) is 18.2. The Labute approximate surface area is 86.0 Å². The van der Waals surface area contributed by atoms with E-state index >= 15 is 0 Å². The number of hydrogen-bond donors (Lipinski definition) is 2. The molecule has 0 aromatic carbocycles. The van der Waals surface area contributed by atoms with Gasteiger partial charge in [-0.15, -0.1) is 0 Å². The van der Waals surface area contributed by atoms with Crippen LogP contribution < -0.4 is 0 Å². The lowest BCUT2D eigenvalue weighted by atomic mass is 10.0. The first-order chi connectivity index (χ1) is 7.23. The Balaban J connectivity index is 2.19. The van der Waals surface area contributed by atoms with Crippen LogP contribution in [0.2, 0.25) is 0 Å². The molecule has 78 valence electrons. The minimum atomic E-state index is -1.05. The molecule has 1 saturated heterocycles. The van der Waals surface area contributed by atoms with E-state index in [1.54, 1.807) is 6.07 Å². The molecule has 2 N–H and O–H groups in total. The van der Waals surface area contributed by atoms with Gasteiger partial charge in [0.1, 0.15) is 6.21 Å². The minimum absolute atomic E-state index is 0.223. The van der Waals surface area contributed by atoms with Gasteiger partial charge in [-0.3, -0.25) is 0 Å². The largest absolute Gasteiger partial charge is 0.462 e. The smallest absolute Gasteiger partial charge is 0.172 e. The van der Waals surface area contributed by atoms with Crippen LogP contribution >= 0.6 is 0 Å². The van der Waals surface area contributed by atoms with Gasteiger partial charge in [-0.25, -0.2) is 0 Å². The summed E-state index contributed by atoms with van der Waals surface area (Å²) in [7, 11) is 0. The molecule has 0 aliphatic carbocycles. The van der Waals surface area contributed by atoms with Crippen molar-refractivity contribution in [2.75, 3.05) is 13.2 Å². The first-order valence-corrected chi connectivity index (χ1v) is 4.32. The molecule has 2 heterocycles. The van der Waals surface area contributed by atoms with E-state index in [4.69, 9.17) is 14.4 Å². The van der Waals surface area contributed by atoms with Crippen LogP contribution in [0.25, 0.3) is 0 Å². The Bertz CT molecular complexity index is 434. The third kappa shape index (κ3) is 2.01. The fourth-order valence-electron chi connectivity index (χ4n) is 1.13. The van der Waals surface area contributed by atoms with Crippen LogP contribution in [0.3, 0.4) is 0 Å². The van der Waals surface area contributed by atoms with Gasteiger partial charge >= 0.3 is 0 Å². The molecule has 1 aliphatic heterocycles. The second-order valence-electron chi connectivity index (χ2n) is 3.22. The Morgan fingerprint density at radius 2 is 2.33 bits per heavy atom. The molecule has 0 amide bonds. The summed E-state index contributed by atoms with van der Waals surface area (Å²) in [5, 5.41) is 20.8. The van der Waals surface area contributed by atoms with Crippen LogP contribution in [-0.2, 0) is 4.74 Å². The van der Waals surface area contributed by atoms with Crippen LogP contribution in [0.15, 0.2) is 21.9 Å². The lowest BCUT2D eigenvalue weighted by molar-refractivity contribution is -0.140. The minimum Gasteiger partial charge on any atom is -0.462 e. The zero-order valence-corrected chi connectivity index (χ0v) is 7.80. The summed E-state index contributed by atoms with van der Waals surface area (Å²) >= 11 is 0. The second kappa shape index (κ2) is 3.77. The Morgan fingerprint density at radius 3 is 2.93 bits per heavy atom. The van der Waals surface area contributed by atoms with Gasteiger partial charge < -0.3 is 19.5 Å². The van der Waals surface area contributed by atoms with Gasteiger partial charge in [0.2, 0.25) is 0 Å². The predicted octanol–water partition coefficient (Wildman–Crippen LogP) is 0.200. The molecule has 0 spiro atoms. The predicted molar refractivity (Wildman–Crippen MR) is 50.7 cm³/mol. The maximum Gasteiger partial charge on any atom is 0.172 e. The van der Waals surface area contributed by atoms with E-state index in [-0.39, 0.29) is 13.2 Å². The third-order valence-electron chi connectivity index (χ3n) is 1.98. The highest BCUT2D eigenvalue weighted by molar-refractivity contribution is 5.79. The first kappa shape index (κ1) is 9.77. The van der Waals surface area contributed by atoms with Gasteiger partial charge in [0.05, 0.1) is 25.0 Å². The summed E-state index contributed by atoms with van der Waals surface area (Å²) < 4.78 is 9.84. The highest BCUT2D eigenvalue weighted by atomic mass is 16.5. The Morgan fingerprint density at radius 1 is 1.53 bits per heavy atom. The maximum absolute atomic E-state index is 9.62. The fourth-order valence-corrected chi connectivity index (χ4v) is 1.13. The van der Waals surface area contributed by atoms with Crippen molar-refractivity contribution in [2.45, 2.75) is 5.60 Å². The summed E-state index contributed by atoms with van der Waals surface area (Å²) in [6, 6.07) is 1.63. The topological polar surface area (TPSA) is 75.2 Å². The molecule has 5 heteroatoms. The van der Waals surface area contributed by atoms with Crippen LogP contribution in [0.4, 0.5) is 0 Å². The number of ether oxygens (including phenoxy) is 1. The van der Waals surface area contributed by atoms with Crippen molar-refractivity contribution in [1.82, 2.24) is 0 Å². The quantitative estimate of drug-likeness (QED) is 0.298. The summed E-state index contributed by atoms with van der Waals surface area (Å²) in [5.41, 5.74) is -0.488. The number of aliphatic hydroxyl groups is 1. The Hall–Kier alpha value is -1.77.